The minimum absolute atomic E-state index is 0.132. The summed E-state index contributed by atoms with van der Waals surface area (Å²) >= 11 is 5.95. The van der Waals surface area contributed by atoms with Gasteiger partial charge in [-0.2, -0.15) is 5.26 Å². The van der Waals surface area contributed by atoms with Crippen LogP contribution in [-0.2, 0) is 0 Å². The minimum atomic E-state index is 0.132. The molecule has 20 heavy (non-hydrogen) atoms. The molecule has 108 valence electrons. The van der Waals surface area contributed by atoms with Gasteiger partial charge in [-0.25, -0.2) is 0 Å². The number of halogens is 1. The number of anilines is 1. The molecule has 1 aliphatic rings. The van der Waals surface area contributed by atoms with Crippen LogP contribution in [0.2, 0.25) is 5.02 Å². The Kier molecular flexibility index (Phi) is 4.91. The lowest BCUT2D eigenvalue weighted by Gasteiger charge is -2.48. The molecule has 0 atom stereocenters. The van der Waals surface area contributed by atoms with E-state index in [-0.39, 0.29) is 5.54 Å². The molecule has 1 aromatic carbocycles. The second kappa shape index (κ2) is 6.47. The zero-order valence-electron chi connectivity index (χ0n) is 12.3. The van der Waals surface area contributed by atoms with Gasteiger partial charge in [0.05, 0.1) is 6.07 Å². The van der Waals surface area contributed by atoms with E-state index < -0.39 is 0 Å². The van der Waals surface area contributed by atoms with E-state index in [1.54, 1.807) is 0 Å². The van der Waals surface area contributed by atoms with E-state index in [4.69, 9.17) is 16.9 Å². The Labute approximate surface area is 126 Å². The molecule has 0 bridgehead atoms. The van der Waals surface area contributed by atoms with Crippen molar-refractivity contribution >= 4 is 17.3 Å². The van der Waals surface area contributed by atoms with Gasteiger partial charge in [0.1, 0.15) is 0 Å². The molecule has 4 heteroatoms. The number of hydrogen-bond acceptors (Lipinski definition) is 3. The van der Waals surface area contributed by atoms with Crippen LogP contribution in [0.5, 0.6) is 0 Å². The topological polar surface area (TPSA) is 30.3 Å². The molecule has 0 aromatic heterocycles. The van der Waals surface area contributed by atoms with Gasteiger partial charge in [-0.3, -0.25) is 4.90 Å². The zero-order valence-corrected chi connectivity index (χ0v) is 13.0. The van der Waals surface area contributed by atoms with Crippen LogP contribution in [-0.4, -0.2) is 36.6 Å². The first-order chi connectivity index (χ1) is 9.53. The first-order valence-corrected chi connectivity index (χ1v) is 7.53. The number of hydrogen-bond donors (Lipinski definition) is 0. The van der Waals surface area contributed by atoms with E-state index in [0.717, 1.165) is 37.6 Å². The number of piperazine rings is 1. The molecule has 0 unspecified atom stereocenters. The Balaban J connectivity index is 1.99. The van der Waals surface area contributed by atoms with Gasteiger partial charge in [-0.15, -0.1) is 0 Å². The Morgan fingerprint density at radius 2 is 1.95 bits per heavy atom. The van der Waals surface area contributed by atoms with Crippen molar-refractivity contribution in [2.45, 2.75) is 32.2 Å². The van der Waals surface area contributed by atoms with E-state index in [1.165, 1.54) is 5.69 Å². The summed E-state index contributed by atoms with van der Waals surface area (Å²) in [5.74, 6) is 0. The Morgan fingerprint density at radius 1 is 1.25 bits per heavy atom. The van der Waals surface area contributed by atoms with Crippen molar-refractivity contribution in [1.82, 2.24) is 4.90 Å². The highest BCUT2D eigenvalue weighted by Crippen LogP contribution is 2.26. The van der Waals surface area contributed by atoms with Crippen molar-refractivity contribution in [3.05, 3.63) is 29.3 Å². The molecule has 1 saturated heterocycles. The quantitative estimate of drug-likeness (QED) is 0.795. The molecule has 0 saturated carbocycles. The Morgan fingerprint density at radius 3 is 2.55 bits per heavy atom. The summed E-state index contributed by atoms with van der Waals surface area (Å²) in [6.07, 6.45) is 1.61. The molecule has 0 N–H and O–H groups in total. The number of rotatable bonds is 4. The molecule has 2 rings (SSSR count). The SMILES string of the molecule is CC1(C)CN(c2ccc(Cl)cc2)CCN1CCCC#N. The highest BCUT2D eigenvalue weighted by molar-refractivity contribution is 6.30. The highest BCUT2D eigenvalue weighted by atomic mass is 35.5. The third-order valence-electron chi connectivity index (χ3n) is 3.98. The lowest BCUT2D eigenvalue weighted by Crippen LogP contribution is -2.59. The molecular formula is C16H22ClN3. The molecule has 1 heterocycles. The minimum Gasteiger partial charge on any atom is -0.368 e. The van der Waals surface area contributed by atoms with Crippen molar-refractivity contribution < 1.29 is 0 Å². The van der Waals surface area contributed by atoms with E-state index >= 15 is 0 Å². The number of nitrogens with zero attached hydrogens (tertiary/aromatic N) is 3. The Bertz CT molecular complexity index is 475. The first-order valence-electron chi connectivity index (χ1n) is 7.15. The standard InChI is InChI=1S/C16H22ClN3/c1-16(2)13-19(15-7-5-14(17)6-8-15)11-12-20(16)10-4-3-9-18/h5-8H,3-4,10-13H2,1-2H3. The normalized spacial score (nSPS) is 18.8. The van der Waals surface area contributed by atoms with Crippen molar-refractivity contribution in [2.75, 3.05) is 31.1 Å². The van der Waals surface area contributed by atoms with Gasteiger partial charge < -0.3 is 4.90 Å². The van der Waals surface area contributed by atoms with Crippen LogP contribution in [0.1, 0.15) is 26.7 Å². The van der Waals surface area contributed by atoms with Gasteiger partial charge in [0.2, 0.25) is 0 Å². The summed E-state index contributed by atoms with van der Waals surface area (Å²) in [6, 6.07) is 10.3. The van der Waals surface area contributed by atoms with Gasteiger partial charge in [-0.05, 0) is 51.1 Å². The van der Waals surface area contributed by atoms with Crippen LogP contribution >= 0.6 is 11.6 Å². The first kappa shape index (κ1) is 15.2. The van der Waals surface area contributed by atoms with Crippen LogP contribution in [0.15, 0.2) is 24.3 Å². The highest BCUT2D eigenvalue weighted by Gasteiger charge is 2.33. The van der Waals surface area contributed by atoms with Gasteiger partial charge >= 0.3 is 0 Å². The average molecular weight is 292 g/mol. The van der Waals surface area contributed by atoms with Crippen molar-refractivity contribution in [2.24, 2.45) is 0 Å². The van der Waals surface area contributed by atoms with Crippen LogP contribution in [0.4, 0.5) is 5.69 Å². The number of unbranched alkanes of at least 4 members (excludes halogenated alkanes) is 1. The average Bonchev–Trinajstić information content (AvgIpc) is 2.41. The lowest BCUT2D eigenvalue weighted by atomic mass is 9.97. The maximum absolute atomic E-state index is 8.65. The smallest absolute Gasteiger partial charge is 0.0622 e. The van der Waals surface area contributed by atoms with E-state index in [2.05, 4.69) is 41.8 Å². The molecule has 1 fully saturated rings. The second-order valence-electron chi connectivity index (χ2n) is 5.96. The largest absolute Gasteiger partial charge is 0.368 e. The van der Waals surface area contributed by atoms with Crippen LogP contribution < -0.4 is 4.90 Å². The summed E-state index contributed by atoms with van der Waals surface area (Å²) in [5.41, 5.74) is 1.37. The summed E-state index contributed by atoms with van der Waals surface area (Å²) in [4.78, 5) is 4.91. The number of nitriles is 1. The fraction of sp³-hybridized carbons (Fsp3) is 0.562. The van der Waals surface area contributed by atoms with Gasteiger partial charge in [0, 0.05) is 42.3 Å². The summed E-state index contributed by atoms with van der Waals surface area (Å²) in [5, 5.41) is 9.43. The monoisotopic (exact) mass is 291 g/mol. The van der Waals surface area contributed by atoms with Crippen molar-refractivity contribution in [3.8, 4) is 6.07 Å². The third-order valence-corrected chi connectivity index (χ3v) is 4.23. The maximum atomic E-state index is 8.65. The summed E-state index contributed by atoms with van der Waals surface area (Å²) < 4.78 is 0. The maximum Gasteiger partial charge on any atom is 0.0622 e. The fourth-order valence-corrected chi connectivity index (χ4v) is 2.95. The van der Waals surface area contributed by atoms with Gasteiger partial charge in [0.15, 0.2) is 0 Å². The van der Waals surface area contributed by atoms with Crippen molar-refractivity contribution in [3.63, 3.8) is 0 Å². The molecular weight excluding hydrogens is 270 g/mol. The molecule has 0 radical (unpaired) electrons. The molecule has 1 aliphatic heterocycles. The molecule has 3 nitrogen and oxygen atoms in total. The Hall–Kier alpha value is -1.24. The predicted octanol–water partition coefficient (Wildman–Crippen LogP) is 3.54. The molecule has 0 spiro atoms. The van der Waals surface area contributed by atoms with Gasteiger partial charge in [-0.1, -0.05) is 11.6 Å². The molecule has 0 amide bonds. The summed E-state index contributed by atoms with van der Waals surface area (Å²) in [7, 11) is 0. The molecule has 0 aliphatic carbocycles. The predicted molar refractivity (Wildman–Crippen MR) is 84.2 cm³/mol. The van der Waals surface area contributed by atoms with Crippen molar-refractivity contribution in [1.29, 1.82) is 5.26 Å². The van der Waals surface area contributed by atoms with E-state index in [1.807, 2.05) is 12.1 Å². The second-order valence-corrected chi connectivity index (χ2v) is 6.40. The third kappa shape index (κ3) is 3.65. The zero-order chi connectivity index (χ0) is 14.6. The summed E-state index contributed by atoms with van der Waals surface area (Å²) in [6.45, 7) is 8.64. The van der Waals surface area contributed by atoms with Crippen LogP contribution in [0, 0.1) is 11.3 Å². The van der Waals surface area contributed by atoms with Gasteiger partial charge in [0.25, 0.3) is 0 Å². The number of benzene rings is 1. The lowest BCUT2D eigenvalue weighted by molar-refractivity contribution is 0.104. The fourth-order valence-electron chi connectivity index (χ4n) is 2.83. The van der Waals surface area contributed by atoms with E-state index in [0.29, 0.717) is 6.42 Å². The van der Waals surface area contributed by atoms with Crippen LogP contribution in [0.25, 0.3) is 0 Å². The van der Waals surface area contributed by atoms with Crippen LogP contribution in [0.3, 0.4) is 0 Å². The molecule has 1 aromatic rings. The van der Waals surface area contributed by atoms with E-state index in [9.17, 15) is 0 Å².